The molecule has 8 rings (SSSR count). The largest absolute Gasteiger partial charge is 0.504 e. The summed E-state index contributed by atoms with van der Waals surface area (Å²) >= 11 is 4.24. The molecule has 0 aromatic heterocycles. The minimum atomic E-state index is -1.09. The second-order valence-corrected chi connectivity index (χ2v) is 17.3. The van der Waals surface area contributed by atoms with E-state index in [0.29, 0.717) is 29.5 Å². The summed E-state index contributed by atoms with van der Waals surface area (Å²) < 4.78 is 5.76. The van der Waals surface area contributed by atoms with Crippen LogP contribution in [0, 0.1) is 22.7 Å². The number of aromatic hydroxyl groups is 4. The van der Waals surface area contributed by atoms with Gasteiger partial charge in [0.05, 0.1) is 5.41 Å². The maximum atomic E-state index is 12.9. The number of rotatable bonds is 3. The summed E-state index contributed by atoms with van der Waals surface area (Å²) in [5.41, 5.74) is 2.37. The number of aliphatic carboxylic acids is 1. The fraction of sp³-hybridized carbons (Fsp3) is 0.650. The Labute approximate surface area is 320 Å². The number of benzene rings is 2. The molecular weight excluding hydrogens is 862 g/mol. The van der Waals surface area contributed by atoms with Crippen LogP contribution in [-0.2, 0) is 31.6 Å². The highest BCUT2D eigenvalue weighted by Crippen LogP contribution is 2.66. The first-order chi connectivity index (χ1) is 23.3. The Balaban J connectivity index is 0.000000185. The number of ether oxygens (including phenoxy) is 1. The first-order valence-electron chi connectivity index (χ1n) is 18.1. The summed E-state index contributed by atoms with van der Waals surface area (Å²) in [5, 5.41) is 52.9. The molecule has 2 aromatic rings. The van der Waals surface area contributed by atoms with Crippen LogP contribution < -0.4 is 0 Å². The summed E-state index contributed by atoms with van der Waals surface area (Å²) in [6.45, 7) is 16.6. The molecule has 8 nitrogen and oxygen atoms in total. The second-order valence-electron chi connectivity index (χ2n) is 17.3. The second kappa shape index (κ2) is 13.8. The van der Waals surface area contributed by atoms with Crippen LogP contribution in [0.25, 0.3) is 0 Å². The van der Waals surface area contributed by atoms with Crippen molar-refractivity contribution >= 4 is 49.2 Å². The van der Waals surface area contributed by atoms with Crippen LogP contribution >= 0.6 is 37.2 Å². The van der Waals surface area contributed by atoms with Crippen LogP contribution in [0.4, 0.5) is 0 Å². The Morgan fingerprint density at radius 3 is 1.86 bits per heavy atom. The van der Waals surface area contributed by atoms with E-state index in [1.165, 1.54) is 0 Å². The van der Waals surface area contributed by atoms with Gasteiger partial charge in [-0.1, -0.05) is 74.3 Å². The molecule has 2 heterocycles. The van der Waals surface area contributed by atoms with E-state index in [4.69, 9.17) is 4.74 Å². The smallest absolute Gasteiger partial charge is 0.317 e. The van der Waals surface area contributed by atoms with Crippen molar-refractivity contribution in [2.45, 2.75) is 142 Å². The minimum absolute atomic E-state index is 0.0202. The van der Waals surface area contributed by atoms with Crippen molar-refractivity contribution in [2.75, 3.05) is 0 Å². The van der Waals surface area contributed by atoms with Crippen LogP contribution in [0.5, 0.6) is 23.0 Å². The molecule has 5 atom stereocenters. The minimum Gasteiger partial charge on any atom is -0.504 e. The van der Waals surface area contributed by atoms with E-state index in [-0.39, 0.29) is 69.6 Å². The van der Waals surface area contributed by atoms with E-state index >= 15 is 0 Å². The topological polar surface area (TPSA) is 145 Å². The Morgan fingerprint density at radius 2 is 1.30 bits per heavy atom. The molecule has 2 aromatic carbocycles. The zero-order chi connectivity index (χ0) is 37.3. The Bertz CT molecular complexity index is 1660. The number of carboxylic acid groups (broad SMARTS) is 1. The highest BCUT2D eigenvalue weighted by atomic mass is 128. The van der Waals surface area contributed by atoms with E-state index in [1.54, 1.807) is 0 Å². The van der Waals surface area contributed by atoms with Crippen molar-refractivity contribution in [1.82, 2.24) is 0 Å². The first-order valence-corrected chi connectivity index (χ1v) is 24.4. The van der Waals surface area contributed by atoms with Crippen LogP contribution in [0.15, 0.2) is 12.1 Å². The molecule has 2 saturated carbocycles. The predicted molar refractivity (Wildman–Crippen MR) is 211 cm³/mol. The monoisotopic (exact) mass is 916 g/mol. The number of phenolic OH excluding ortho intramolecular Hbond substituents is 4. The highest BCUT2D eigenvalue weighted by Gasteiger charge is 2.65. The number of aryl methyl sites for hydroxylation is 1. The molecule has 276 valence electrons. The van der Waals surface area contributed by atoms with E-state index in [9.17, 15) is 35.1 Å². The molecule has 2 aliphatic heterocycles. The van der Waals surface area contributed by atoms with E-state index in [2.05, 4.69) is 64.9 Å². The standard InChI is InChI=1S/C20H26O4.C20H28O4.I2/c1-10(2)11-8-12-13-9-14-19(3,4)6-5-7-20(14,18(23)24-13)15(12)17(22)16(11)21;1-11(2)13-10-12-6-7-14-19(3,4)8-5-9-20(14,18(23)24)15(12)17(22)16(13)21;1-2/h8,10,13-14,21-22H,5-7,9H2,1-4H3;10-11,14,21-22H,5-9H2,1-4H3,(H,23,24);/t13-,14?,20+;14?,20-;/m01./s1. The molecular formula is C40H54I2O8. The molecule has 0 amide bonds. The number of phenols is 4. The van der Waals surface area contributed by atoms with Gasteiger partial charge in [0, 0.05) is 65.0 Å². The molecule has 2 unspecified atom stereocenters. The SMILES string of the molecule is CC(C)c1cc2c(c(O)c1O)[C@@]1(C(=O)O)CCCC(C)(C)C1CC2.CC(C)c1cc2c(c(O)c1O)[C@@]13CCCC(C)(C)C1C[C@@H]2OC3=O.II. The molecule has 1 spiro atoms. The average Bonchev–Trinajstić information content (AvgIpc) is 3.04. The van der Waals surface area contributed by atoms with Crippen molar-refractivity contribution in [3.05, 3.63) is 45.5 Å². The quantitative estimate of drug-likeness (QED) is 0.116. The predicted octanol–water partition coefficient (Wildman–Crippen LogP) is 10.4. The van der Waals surface area contributed by atoms with Gasteiger partial charge in [0.2, 0.25) is 0 Å². The Morgan fingerprint density at radius 1 is 0.780 bits per heavy atom. The summed E-state index contributed by atoms with van der Waals surface area (Å²) in [5.74, 6) is -1.32. The van der Waals surface area contributed by atoms with Gasteiger partial charge in [-0.2, -0.15) is 0 Å². The molecule has 6 aliphatic rings. The Hall–Kier alpha value is -1.96. The molecule has 4 aliphatic carbocycles. The fourth-order valence-electron chi connectivity index (χ4n) is 10.9. The molecule has 5 N–H and O–H groups in total. The van der Waals surface area contributed by atoms with Crippen molar-refractivity contribution in [1.29, 1.82) is 0 Å². The van der Waals surface area contributed by atoms with Gasteiger partial charge < -0.3 is 30.3 Å². The van der Waals surface area contributed by atoms with Crippen LogP contribution in [0.3, 0.4) is 0 Å². The average molecular weight is 917 g/mol. The van der Waals surface area contributed by atoms with Gasteiger partial charge in [0.15, 0.2) is 23.0 Å². The highest BCUT2D eigenvalue weighted by molar-refractivity contribution is 15.0. The summed E-state index contributed by atoms with van der Waals surface area (Å²) in [4.78, 5) is 25.4. The number of carboxylic acids is 1. The zero-order valence-electron chi connectivity index (χ0n) is 30.6. The normalized spacial score (nSPS) is 29.6. The number of fused-ring (bicyclic) bond motifs is 4. The number of carbonyl (C=O) groups excluding carboxylic acids is 1. The van der Waals surface area contributed by atoms with Gasteiger partial charge in [-0.3, -0.25) is 9.59 Å². The van der Waals surface area contributed by atoms with Gasteiger partial charge in [-0.15, -0.1) is 0 Å². The molecule has 1 saturated heterocycles. The summed E-state index contributed by atoms with van der Waals surface area (Å²) in [6.07, 6.45) is 7.11. The lowest BCUT2D eigenvalue weighted by Crippen LogP contribution is -2.59. The van der Waals surface area contributed by atoms with Gasteiger partial charge in [0.25, 0.3) is 0 Å². The number of hydrogen-bond donors (Lipinski definition) is 5. The van der Waals surface area contributed by atoms with Crippen molar-refractivity contribution < 1.29 is 39.9 Å². The van der Waals surface area contributed by atoms with Crippen molar-refractivity contribution in [3.8, 4) is 23.0 Å². The molecule has 0 radical (unpaired) electrons. The molecule has 2 bridgehead atoms. The molecule has 10 heteroatoms. The van der Waals surface area contributed by atoms with Crippen molar-refractivity contribution in [3.63, 3.8) is 0 Å². The molecule has 3 fully saturated rings. The fourth-order valence-corrected chi connectivity index (χ4v) is 10.9. The van der Waals surface area contributed by atoms with Gasteiger partial charge in [-0.25, -0.2) is 0 Å². The van der Waals surface area contributed by atoms with E-state index in [1.807, 2.05) is 39.8 Å². The van der Waals surface area contributed by atoms with Gasteiger partial charge in [-0.05, 0) is 91.1 Å². The van der Waals surface area contributed by atoms with Crippen molar-refractivity contribution in [2.24, 2.45) is 22.7 Å². The third-order valence-corrected chi connectivity index (χ3v) is 13.2. The summed E-state index contributed by atoms with van der Waals surface area (Å²) in [6, 6.07) is 3.86. The van der Waals surface area contributed by atoms with Crippen LogP contribution in [0.2, 0.25) is 0 Å². The number of esters is 1. The number of halogens is 2. The maximum absolute atomic E-state index is 12.9. The number of hydrogen-bond acceptors (Lipinski definition) is 7. The zero-order valence-corrected chi connectivity index (χ0v) is 34.9. The lowest BCUT2D eigenvalue weighted by Gasteiger charge is -2.58. The lowest BCUT2D eigenvalue weighted by molar-refractivity contribution is -0.185. The molecule has 50 heavy (non-hydrogen) atoms. The van der Waals surface area contributed by atoms with Crippen LogP contribution in [-0.4, -0.2) is 37.5 Å². The lowest BCUT2D eigenvalue weighted by atomic mass is 9.47. The van der Waals surface area contributed by atoms with Gasteiger partial charge in [0.1, 0.15) is 11.5 Å². The number of carbonyl (C=O) groups is 2. The van der Waals surface area contributed by atoms with E-state index < -0.39 is 16.8 Å². The van der Waals surface area contributed by atoms with Crippen LogP contribution in [0.1, 0.15) is 158 Å². The maximum Gasteiger partial charge on any atom is 0.317 e. The Kier molecular flexibility index (Phi) is 10.8. The summed E-state index contributed by atoms with van der Waals surface area (Å²) in [7, 11) is 0. The first kappa shape index (κ1) is 39.3. The van der Waals surface area contributed by atoms with E-state index in [0.717, 1.165) is 61.6 Å². The van der Waals surface area contributed by atoms with Gasteiger partial charge >= 0.3 is 11.9 Å². The third-order valence-electron chi connectivity index (χ3n) is 13.2. The third kappa shape index (κ3) is 5.79.